The molecule has 0 fully saturated rings. The molecule has 2 atom stereocenters. The topological polar surface area (TPSA) is 132 Å². The molecule has 9 nitrogen and oxygen atoms in total. The van der Waals surface area contributed by atoms with E-state index in [4.69, 9.17) is 9.47 Å². The molecule has 0 radical (unpaired) electrons. The quantitative estimate of drug-likeness (QED) is 0.517. The van der Waals surface area contributed by atoms with E-state index in [1.807, 2.05) is 0 Å². The van der Waals surface area contributed by atoms with Gasteiger partial charge in [0.05, 0.1) is 23.0 Å². The molecule has 1 heterocycles. The summed E-state index contributed by atoms with van der Waals surface area (Å²) in [5.74, 6) is -4.62. The third kappa shape index (κ3) is 5.76. The maximum Gasteiger partial charge on any atom is 0.349 e. The van der Waals surface area contributed by atoms with Crippen molar-refractivity contribution in [1.82, 2.24) is 4.98 Å². The maximum atomic E-state index is 12.9. The zero-order valence-electron chi connectivity index (χ0n) is 16.6. The summed E-state index contributed by atoms with van der Waals surface area (Å²) in [6, 6.07) is 18.4. The van der Waals surface area contributed by atoms with Crippen LogP contribution in [-0.4, -0.2) is 46.1 Å². The minimum Gasteiger partial charge on any atom is -0.478 e. The SMILES string of the molecule is O=C(OC(C(=O)O)C(OC(=O)c1ccccc1)C(=O)Nc1cccnc1)c1ccccc1. The van der Waals surface area contributed by atoms with Crippen molar-refractivity contribution in [2.45, 2.75) is 12.2 Å². The monoisotopic (exact) mass is 434 g/mol. The molecule has 2 unspecified atom stereocenters. The van der Waals surface area contributed by atoms with Gasteiger partial charge in [-0.3, -0.25) is 9.78 Å². The van der Waals surface area contributed by atoms with Gasteiger partial charge in [0.1, 0.15) is 0 Å². The zero-order chi connectivity index (χ0) is 22.9. The number of carbonyl (C=O) groups excluding carboxylic acids is 3. The Morgan fingerprint density at radius 1 is 0.750 bits per heavy atom. The predicted molar refractivity (Wildman–Crippen MR) is 112 cm³/mol. The second-order valence-corrected chi connectivity index (χ2v) is 6.45. The van der Waals surface area contributed by atoms with Crippen LogP contribution in [0.15, 0.2) is 85.2 Å². The third-order valence-electron chi connectivity index (χ3n) is 4.19. The fraction of sp³-hybridized carbons (Fsp3) is 0.0870. The predicted octanol–water partition coefficient (Wildman–Crippen LogP) is 2.56. The summed E-state index contributed by atoms with van der Waals surface area (Å²) in [5.41, 5.74) is 0.390. The van der Waals surface area contributed by atoms with Crippen LogP contribution < -0.4 is 5.32 Å². The lowest BCUT2D eigenvalue weighted by Gasteiger charge is -2.23. The first-order valence-corrected chi connectivity index (χ1v) is 9.41. The molecule has 2 aromatic carbocycles. The van der Waals surface area contributed by atoms with E-state index in [0.717, 1.165) is 0 Å². The van der Waals surface area contributed by atoms with Gasteiger partial charge in [-0.1, -0.05) is 36.4 Å². The number of carbonyl (C=O) groups is 4. The van der Waals surface area contributed by atoms with E-state index in [9.17, 15) is 24.3 Å². The first kappa shape index (κ1) is 22.2. The van der Waals surface area contributed by atoms with E-state index in [1.165, 1.54) is 42.7 Å². The number of carboxylic acids is 1. The lowest BCUT2D eigenvalue weighted by molar-refractivity contribution is -0.157. The number of nitrogens with zero attached hydrogens (tertiary/aromatic N) is 1. The highest BCUT2D eigenvalue weighted by molar-refractivity contribution is 6.01. The molecule has 0 aliphatic heterocycles. The number of hydrogen-bond donors (Lipinski definition) is 2. The Morgan fingerprint density at radius 2 is 1.28 bits per heavy atom. The van der Waals surface area contributed by atoms with Crippen LogP contribution in [0.25, 0.3) is 0 Å². The van der Waals surface area contributed by atoms with Crippen molar-refractivity contribution in [3.63, 3.8) is 0 Å². The fourth-order valence-corrected chi connectivity index (χ4v) is 2.66. The minimum atomic E-state index is -2.10. The van der Waals surface area contributed by atoms with E-state index in [1.54, 1.807) is 42.5 Å². The number of amides is 1. The number of ether oxygens (including phenoxy) is 2. The van der Waals surface area contributed by atoms with Gasteiger partial charge in [-0.15, -0.1) is 0 Å². The molecule has 0 aliphatic carbocycles. The number of hydrogen-bond acceptors (Lipinski definition) is 7. The molecule has 0 spiro atoms. The molecule has 3 aromatic rings. The number of rotatable bonds is 8. The van der Waals surface area contributed by atoms with Gasteiger partial charge in [0, 0.05) is 6.20 Å². The smallest absolute Gasteiger partial charge is 0.349 e. The summed E-state index contributed by atoms with van der Waals surface area (Å²) in [4.78, 5) is 53.6. The second kappa shape index (κ2) is 10.5. The Morgan fingerprint density at radius 3 is 1.75 bits per heavy atom. The molecular formula is C23H18N2O7. The third-order valence-corrected chi connectivity index (χ3v) is 4.19. The van der Waals surface area contributed by atoms with Crippen molar-refractivity contribution < 1.29 is 33.8 Å². The number of carboxylic acid groups (broad SMARTS) is 1. The lowest BCUT2D eigenvalue weighted by atomic mass is 10.1. The molecule has 0 aliphatic rings. The van der Waals surface area contributed by atoms with Gasteiger partial charge < -0.3 is 19.9 Å². The van der Waals surface area contributed by atoms with E-state index < -0.39 is 36.0 Å². The average molecular weight is 434 g/mol. The van der Waals surface area contributed by atoms with Crippen LogP contribution in [-0.2, 0) is 19.1 Å². The van der Waals surface area contributed by atoms with E-state index in [-0.39, 0.29) is 16.8 Å². The summed E-state index contributed by atoms with van der Waals surface area (Å²) in [5, 5.41) is 12.1. The second-order valence-electron chi connectivity index (χ2n) is 6.45. The standard InChI is InChI=1S/C23H18N2O7/c26-20(25-17-12-7-13-24-14-17)18(31-22(29)15-8-3-1-4-9-15)19(21(27)28)32-23(30)16-10-5-2-6-11-16/h1-14,18-19H,(H,25,26)(H,27,28). The van der Waals surface area contributed by atoms with Gasteiger partial charge in [0.25, 0.3) is 5.91 Å². The number of aromatic nitrogens is 1. The summed E-state index contributed by atoms with van der Waals surface area (Å²) in [7, 11) is 0. The van der Waals surface area contributed by atoms with Crippen molar-refractivity contribution in [2.24, 2.45) is 0 Å². The molecule has 0 saturated carbocycles. The highest BCUT2D eigenvalue weighted by Crippen LogP contribution is 2.15. The van der Waals surface area contributed by atoms with Crippen molar-refractivity contribution in [2.75, 3.05) is 5.32 Å². The van der Waals surface area contributed by atoms with Crippen molar-refractivity contribution >= 4 is 29.5 Å². The van der Waals surface area contributed by atoms with Gasteiger partial charge in [-0.25, -0.2) is 14.4 Å². The Kier molecular flexibility index (Phi) is 7.26. The van der Waals surface area contributed by atoms with Gasteiger partial charge in [0.2, 0.25) is 12.2 Å². The van der Waals surface area contributed by atoms with E-state index in [0.29, 0.717) is 0 Å². The van der Waals surface area contributed by atoms with Crippen LogP contribution >= 0.6 is 0 Å². The van der Waals surface area contributed by atoms with Crippen LogP contribution in [0.2, 0.25) is 0 Å². The normalized spacial score (nSPS) is 12.1. The Balaban J connectivity index is 1.88. The van der Waals surface area contributed by atoms with E-state index in [2.05, 4.69) is 10.3 Å². The largest absolute Gasteiger partial charge is 0.478 e. The number of anilines is 1. The lowest BCUT2D eigenvalue weighted by Crippen LogP contribution is -2.48. The summed E-state index contributed by atoms with van der Waals surface area (Å²) in [6.45, 7) is 0. The fourth-order valence-electron chi connectivity index (χ4n) is 2.66. The molecule has 162 valence electrons. The van der Waals surface area contributed by atoms with Crippen LogP contribution in [0.1, 0.15) is 20.7 Å². The summed E-state index contributed by atoms with van der Waals surface area (Å²) < 4.78 is 10.3. The molecule has 0 bridgehead atoms. The molecule has 3 rings (SSSR count). The summed E-state index contributed by atoms with van der Waals surface area (Å²) >= 11 is 0. The molecule has 9 heteroatoms. The Labute approximate surface area is 182 Å². The summed E-state index contributed by atoms with van der Waals surface area (Å²) in [6.07, 6.45) is -1.29. The van der Waals surface area contributed by atoms with Crippen molar-refractivity contribution in [1.29, 1.82) is 0 Å². The highest BCUT2D eigenvalue weighted by atomic mass is 16.6. The van der Waals surface area contributed by atoms with Crippen molar-refractivity contribution in [3.05, 3.63) is 96.3 Å². The molecule has 1 amide bonds. The highest BCUT2D eigenvalue weighted by Gasteiger charge is 2.41. The molecule has 1 aromatic heterocycles. The average Bonchev–Trinajstić information content (AvgIpc) is 2.82. The van der Waals surface area contributed by atoms with Crippen molar-refractivity contribution in [3.8, 4) is 0 Å². The van der Waals surface area contributed by atoms with Gasteiger partial charge in [0.15, 0.2) is 0 Å². The minimum absolute atomic E-state index is 0.0690. The van der Waals surface area contributed by atoms with Crippen LogP contribution in [0, 0.1) is 0 Å². The van der Waals surface area contributed by atoms with Gasteiger partial charge in [-0.05, 0) is 36.4 Å². The van der Waals surface area contributed by atoms with Gasteiger partial charge >= 0.3 is 17.9 Å². The Hall–Kier alpha value is -4.53. The first-order chi connectivity index (χ1) is 15.5. The van der Waals surface area contributed by atoms with E-state index >= 15 is 0 Å². The molecule has 0 saturated heterocycles. The molecule has 2 N–H and O–H groups in total. The number of pyridine rings is 1. The number of esters is 2. The van der Waals surface area contributed by atoms with Gasteiger partial charge in [-0.2, -0.15) is 0 Å². The molecule has 32 heavy (non-hydrogen) atoms. The number of benzene rings is 2. The van der Waals surface area contributed by atoms with Crippen LogP contribution in [0.5, 0.6) is 0 Å². The Bertz CT molecular complexity index is 1090. The maximum absolute atomic E-state index is 12.9. The zero-order valence-corrected chi connectivity index (χ0v) is 16.6. The number of nitrogens with one attached hydrogen (secondary N) is 1. The number of aliphatic carboxylic acids is 1. The molecular weight excluding hydrogens is 416 g/mol. The first-order valence-electron chi connectivity index (χ1n) is 9.41. The van der Waals surface area contributed by atoms with Crippen LogP contribution in [0.3, 0.4) is 0 Å². The van der Waals surface area contributed by atoms with Crippen LogP contribution in [0.4, 0.5) is 5.69 Å².